The minimum Gasteiger partial charge on any atom is -0.310 e. The molecule has 2 nitrogen and oxygen atoms in total. The molecule has 3 heteroatoms. The molecule has 0 atom stereocenters. The average Bonchev–Trinajstić information content (AvgIpc) is 3.92. The van der Waals surface area contributed by atoms with E-state index in [1.165, 1.54) is 105 Å². The Bertz CT molecular complexity index is 3830. The highest BCUT2D eigenvalue weighted by Crippen LogP contribution is 2.58. The van der Waals surface area contributed by atoms with Crippen molar-refractivity contribution in [3.8, 4) is 27.9 Å². The molecule has 3 heterocycles. The van der Waals surface area contributed by atoms with Crippen LogP contribution in [0.2, 0.25) is 0 Å². The van der Waals surface area contributed by atoms with Gasteiger partial charge in [-0.05, 0) is 97.7 Å². The average molecular weight is 863 g/mol. The van der Waals surface area contributed by atoms with Crippen molar-refractivity contribution in [1.82, 2.24) is 4.57 Å². The molecule has 68 heavy (non-hydrogen) atoms. The molecule has 0 aliphatic carbocycles. The van der Waals surface area contributed by atoms with Crippen molar-refractivity contribution in [2.24, 2.45) is 0 Å². The van der Waals surface area contributed by atoms with Crippen LogP contribution < -0.4 is 21.3 Å². The van der Waals surface area contributed by atoms with Crippen LogP contribution in [0.15, 0.2) is 261 Å². The standard InChI is InChI=1S/C65H43BN2/c1-5-21-44(22-6-1)63-51-30-14-13-23-45(51)41-58-64(63)53-31-15-18-34-57(53)66(58)48-37-40-59-54(42-48)52-39-38-50(43-62(52)67(59)49-28-11-4-12-29-49)68-60-35-19-16-32-55(60)65(46-24-7-2-8-25-46,47-26-9-3-10-27-47)56-33-17-20-36-61(56)68/h1-43H. The smallest absolute Gasteiger partial charge is 0.242 e. The van der Waals surface area contributed by atoms with Gasteiger partial charge in [0.25, 0.3) is 0 Å². The van der Waals surface area contributed by atoms with Crippen molar-refractivity contribution in [3.63, 3.8) is 0 Å². The third kappa shape index (κ3) is 5.54. The summed E-state index contributed by atoms with van der Waals surface area (Å²) in [7, 11) is 0. The lowest BCUT2D eigenvalue weighted by Crippen LogP contribution is -2.48. The monoisotopic (exact) mass is 862 g/mol. The van der Waals surface area contributed by atoms with Gasteiger partial charge >= 0.3 is 0 Å². The molecule has 0 unspecified atom stereocenters. The van der Waals surface area contributed by atoms with Crippen LogP contribution in [0, 0.1) is 0 Å². The summed E-state index contributed by atoms with van der Waals surface area (Å²) in [5.74, 6) is 0. The first kappa shape index (κ1) is 38.6. The van der Waals surface area contributed by atoms with E-state index in [0.717, 1.165) is 11.4 Å². The van der Waals surface area contributed by atoms with Gasteiger partial charge in [-0.25, -0.2) is 0 Å². The summed E-state index contributed by atoms with van der Waals surface area (Å²) >= 11 is 0. The van der Waals surface area contributed by atoms with Crippen molar-refractivity contribution >= 4 is 72.7 Å². The predicted molar refractivity (Wildman–Crippen MR) is 287 cm³/mol. The van der Waals surface area contributed by atoms with E-state index >= 15 is 0 Å². The molecule has 0 N–H and O–H groups in total. The fourth-order valence-corrected chi connectivity index (χ4v) is 12.2. The van der Waals surface area contributed by atoms with Gasteiger partial charge in [-0.15, -0.1) is 0 Å². The highest BCUT2D eigenvalue weighted by Gasteiger charge is 2.46. The first-order chi connectivity index (χ1) is 33.8. The van der Waals surface area contributed by atoms with E-state index in [4.69, 9.17) is 0 Å². The SMILES string of the molecule is c1ccc(-c2c3c(cc4ccccc24)B(c2ccc4c(c2)c2ccc(N5c6ccccc6C(c6ccccc6)(c6ccccc6)c6ccccc65)cc2n4-c2ccccc2)c2ccccc2-3)cc1. The van der Waals surface area contributed by atoms with Crippen LogP contribution in [0.4, 0.5) is 17.1 Å². The Morgan fingerprint density at radius 3 is 1.65 bits per heavy atom. The van der Waals surface area contributed by atoms with Gasteiger partial charge in [0.15, 0.2) is 0 Å². The number of nitrogens with zero attached hydrogens (tertiary/aromatic N) is 2. The molecule has 0 saturated carbocycles. The Morgan fingerprint density at radius 2 is 0.941 bits per heavy atom. The van der Waals surface area contributed by atoms with E-state index in [1.807, 2.05) is 0 Å². The summed E-state index contributed by atoms with van der Waals surface area (Å²) in [5.41, 5.74) is 20.7. The zero-order valence-corrected chi connectivity index (χ0v) is 37.3. The number of fused-ring (bicyclic) bond motifs is 9. The van der Waals surface area contributed by atoms with Crippen LogP contribution >= 0.6 is 0 Å². The highest BCUT2D eigenvalue weighted by molar-refractivity contribution is 6.99. The molecule has 0 radical (unpaired) electrons. The minimum atomic E-state index is -0.530. The molecule has 2 aliphatic rings. The summed E-state index contributed by atoms with van der Waals surface area (Å²) in [6.45, 7) is 0.0721. The predicted octanol–water partition coefficient (Wildman–Crippen LogP) is 14.3. The molecule has 0 fully saturated rings. The minimum absolute atomic E-state index is 0.0721. The third-order valence-corrected chi connectivity index (χ3v) is 14.9. The Hall–Kier alpha value is -8.66. The van der Waals surface area contributed by atoms with Gasteiger partial charge in [-0.2, -0.15) is 0 Å². The largest absolute Gasteiger partial charge is 0.310 e. The second-order valence-electron chi connectivity index (χ2n) is 18.3. The maximum Gasteiger partial charge on any atom is 0.242 e. The van der Waals surface area contributed by atoms with Crippen molar-refractivity contribution < 1.29 is 0 Å². The van der Waals surface area contributed by atoms with Crippen LogP contribution in [0.5, 0.6) is 0 Å². The molecule has 0 spiro atoms. The fourth-order valence-electron chi connectivity index (χ4n) is 12.2. The van der Waals surface area contributed by atoms with Gasteiger partial charge in [-0.1, -0.05) is 235 Å². The van der Waals surface area contributed by atoms with E-state index in [0.29, 0.717) is 0 Å². The zero-order chi connectivity index (χ0) is 44.8. The number of hydrogen-bond acceptors (Lipinski definition) is 1. The molecular weight excluding hydrogens is 820 g/mol. The van der Waals surface area contributed by atoms with E-state index in [1.54, 1.807) is 0 Å². The number of rotatable bonds is 6. The quantitative estimate of drug-likeness (QED) is 0.151. The zero-order valence-electron chi connectivity index (χ0n) is 37.3. The number of para-hydroxylation sites is 3. The lowest BCUT2D eigenvalue weighted by atomic mass is 9.38. The molecule has 14 rings (SSSR count). The summed E-state index contributed by atoms with van der Waals surface area (Å²) in [6, 6.07) is 96.9. The summed E-state index contributed by atoms with van der Waals surface area (Å²) in [6.07, 6.45) is 0. The molecule has 0 saturated heterocycles. The topological polar surface area (TPSA) is 8.17 Å². The Balaban J connectivity index is 0.995. The first-order valence-electron chi connectivity index (χ1n) is 23.7. The lowest BCUT2D eigenvalue weighted by molar-refractivity contribution is 0.731. The number of hydrogen-bond donors (Lipinski definition) is 0. The van der Waals surface area contributed by atoms with Crippen LogP contribution in [0.1, 0.15) is 22.3 Å². The molecule has 1 aromatic heterocycles. The second kappa shape index (κ2) is 15.2. The molecule has 0 amide bonds. The van der Waals surface area contributed by atoms with Gasteiger partial charge in [-0.3, -0.25) is 0 Å². The first-order valence-corrected chi connectivity index (χ1v) is 23.7. The van der Waals surface area contributed by atoms with Gasteiger partial charge in [0.1, 0.15) is 0 Å². The van der Waals surface area contributed by atoms with E-state index < -0.39 is 5.41 Å². The van der Waals surface area contributed by atoms with Gasteiger partial charge < -0.3 is 9.47 Å². The Kier molecular flexibility index (Phi) is 8.63. The van der Waals surface area contributed by atoms with Crippen LogP contribution in [0.3, 0.4) is 0 Å². The molecule has 2 aliphatic heterocycles. The Labute approximate surface area is 396 Å². The summed E-state index contributed by atoms with van der Waals surface area (Å²) in [5, 5.41) is 5.03. The highest BCUT2D eigenvalue weighted by atomic mass is 15.2. The number of aromatic nitrogens is 1. The van der Waals surface area contributed by atoms with Gasteiger partial charge in [0.2, 0.25) is 6.71 Å². The van der Waals surface area contributed by atoms with E-state index in [2.05, 4.69) is 270 Å². The van der Waals surface area contributed by atoms with Gasteiger partial charge in [0.05, 0.1) is 27.8 Å². The molecule has 0 bridgehead atoms. The maximum atomic E-state index is 2.49. The van der Waals surface area contributed by atoms with Crippen molar-refractivity contribution in [1.29, 1.82) is 0 Å². The normalized spacial score (nSPS) is 13.4. The second-order valence-corrected chi connectivity index (χ2v) is 18.3. The summed E-state index contributed by atoms with van der Waals surface area (Å²) in [4.78, 5) is 2.49. The molecule has 316 valence electrons. The number of benzene rings is 11. The Morgan fingerprint density at radius 1 is 0.353 bits per heavy atom. The van der Waals surface area contributed by atoms with Crippen LogP contribution in [0.25, 0.3) is 60.5 Å². The lowest BCUT2D eigenvalue weighted by Gasteiger charge is -2.46. The van der Waals surface area contributed by atoms with Crippen LogP contribution in [-0.2, 0) is 5.41 Å². The number of anilines is 3. The molecule has 11 aromatic carbocycles. The van der Waals surface area contributed by atoms with Crippen LogP contribution in [-0.4, -0.2) is 11.3 Å². The summed E-state index contributed by atoms with van der Waals surface area (Å²) < 4.78 is 2.47. The van der Waals surface area contributed by atoms with Gasteiger partial charge in [0, 0.05) is 22.1 Å². The fraction of sp³-hybridized carbons (Fsp3) is 0.0154. The van der Waals surface area contributed by atoms with E-state index in [9.17, 15) is 0 Å². The van der Waals surface area contributed by atoms with Crippen molar-refractivity contribution in [2.45, 2.75) is 5.41 Å². The van der Waals surface area contributed by atoms with Crippen molar-refractivity contribution in [2.75, 3.05) is 4.90 Å². The van der Waals surface area contributed by atoms with E-state index in [-0.39, 0.29) is 6.71 Å². The molecule has 12 aromatic rings. The third-order valence-electron chi connectivity index (χ3n) is 14.9. The van der Waals surface area contributed by atoms with Crippen molar-refractivity contribution in [3.05, 3.63) is 283 Å². The maximum absolute atomic E-state index is 2.49. The molecular formula is C65H43BN2.